The smallest absolute Gasteiger partial charge is 0.247 e. The van der Waals surface area contributed by atoms with Gasteiger partial charge in [-0.1, -0.05) is 61.0 Å². The monoisotopic (exact) mass is 424 g/mol. The van der Waals surface area contributed by atoms with Crippen molar-refractivity contribution in [1.82, 2.24) is 10.2 Å². The van der Waals surface area contributed by atoms with Crippen LogP contribution in [-0.4, -0.2) is 16.7 Å². The molecule has 0 bridgehead atoms. The van der Waals surface area contributed by atoms with E-state index in [0.717, 1.165) is 11.1 Å². The van der Waals surface area contributed by atoms with Crippen LogP contribution in [0.25, 0.3) is 0 Å². The molecule has 0 spiro atoms. The van der Waals surface area contributed by atoms with Gasteiger partial charge in [-0.05, 0) is 41.8 Å². The zero-order valence-corrected chi connectivity index (χ0v) is 17.6. The number of carbonyl (C=O) groups excluding carboxylic acids is 2. The fourth-order valence-electron chi connectivity index (χ4n) is 3.26. The molecule has 0 aliphatic heterocycles. The third-order valence-corrected chi connectivity index (χ3v) is 4.99. The van der Waals surface area contributed by atoms with Gasteiger partial charge in [0.1, 0.15) is 11.8 Å². The van der Waals surface area contributed by atoms with Crippen molar-refractivity contribution in [2.45, 2.75) is 38.9 Å². The number of furan rings is 1. The number of hydrogen-bond donors (Lipinski definition) is 1. The van der Waals surface area contributed by atoms with Gasteiger partial charge in [0, 0.05) is 18.0 Å². The lowest BCUT2D eigenvalue weighted by atomic mass is 10.0. The molecule has 1 atom stereocenters. The van der Waals surface area contributed by atoms with E-state index in [9.17, 15) is 9.59 Å². The summed E-state index contributed by atoms with van der Waals surface area (Å²) in [5.74, 6) is 0.324. The summed E-state index contributed by atoms with van der Waals surface area (Å²) in [6.07, 6.45) is 2.63. The average molecular weight is 425 g/mol. The molecule has 1 heterocycles. The Morgan fingerprint density at radius 2 is 1.77 bits per heavy atom. The van der Waals surface area contributed by atoms with E-state index in [-0.39, 0.29) is 18.4 Å². The van der Waals surface area contributed by atoms with Crippen LogP contribution in [0.4, 0.5) is 0 Å². The van der Waals surface area contributed by atoms with Crippen molar-refractivity contribution in [3.8, 4) is 0 Å². The molecule has 6 heteroatoms. The second-order valence-electron chi connectivity index (χ2n) is 7.01. The first-order chi connectivity index (χ1) is 14.6. The van der Waals surface area contributed by atoms with Crippen LogP contribution >= 0.6 is 11.6 Å². The Morgan fingerprint density at radius 1 is 1.03 bits per heavy atom. The summed E-state index contributed by atoms with van der Waals surface area (Å²) in [4.78, 5) is 28.0. The molecule has 0 aliphatic carbocycles. The van der Waals surface area contributed by atoms with Gasteiger partial charge in [0.25, 0.3) is 0 Å². The second kappa shape index (κ2) is 10.6. The minimum atomic E-state index is -0.754. The fourth-order valence-corrected chi connectivity index (χ4v) is 3.39. The van der Waals surface area contributed by atoms with Gasteiger partial charge in [0.15, 0.2) is 0 Å². The summed E-state index contributed by atoms with van der Waals surface area (Å²) in [6, 6.07) is 19.5. The summed E-state index contributed by atoms with van der Waals surface area (Å²) in [5.41, 5.74) is 1.66. The molecule has 2 amide bonds. The highest BCUT2D eigenvalue weighted by Gasteiger charge is 2.31. The quantitative estimate of drug-likeness (QED) is 0.518. The highest BCUT2D eigenvalue weighted by molar-refractivity contribution is 6.30. The number of rotatable bonds is 9. The maximum absolute atomic E-state index is 13.3. The lowest BCUT2D eigenvalue weighted by Crippen LogP contribution is -2.43. The van der Waals surface area contributed by atoms with Crippen LogP contribution < -0.4 is 5.32 Å². The van der Waals surface area contributed by atoms with Gasteiger partial charge in [-0.2, -0.15) is 0 Å². The van der Waals surface area contributed by atoms with E-state index in [4.69, 9.17) is 16.0 Å². The number of nitrogens with one attached hydrogen (secondary N) is 1. The maximum atomic E-state index is 13.3. The van der Waals surface area contributed by atoms with E-state index in [1.54, 1.807) is 35.4 Å². The molecule has 1 aromatic heterocycles. The number of benzene rings is 2. The largest absolute Gasteiger partial charge is 0.467 e. The van der Waals surface area contributed by atoms with Crippen molar-refractivity contribution < 1.29 is 14.0 Å². The Hall–Kier alpha value is -3.05. The van der Waals surface area contributed by atoms with Crippen molar-refractivity contribution in [2.75, 3.05) is 0 Å². The van der Waals surface area contributed by atoms with Gasteiger partial charge < -0.3 is 14.6 Å². The number of hydrogen-bond acceptors (Lipinski definition) is 3. The van der Waals surface area contributed by atoms with E-state index < -0.39 is 6.04 Å². The molecule has 0 radical (unpaired) electrons. The Balaban J connectivity index is 1.91. The standard InChI is InChI=1S/C24H25ClN2O3/c1-2-7-22(28)27(17-18-11-13-20(25)14-12-18)23(19-8-4-3-5-9-19)24(29)26-16-21-10-6-15-30-21/h3-6,8-15,23H,2,7,16-17H2,1H3,(H,26,29). The lowest BCUT2D eigenvalue weighted by Gasteiger charge is -2.31. The van der Waals surface area contributed by atoms with Crippen LogP contribution in [0.1, 0.15) is 42.7 Å². The van der Waals surface area contributed by atoms with Crippen LogP contribution in [0.5, 0.6) is 0 Å². The topological polar surface area (TPSA) is 62.6 Å². The Bertz CT molecular complexity index is 940. The van der Waals surface area contributed by atoms with Gasteiger partial charge in [-0.3, -0.25) is 9.59 Å². The fraction of sp³-hybridized carbons (Fsp3) is 0.250. The maximum Gasteiger partial charge on any atom is 0.247 e. The molecule has 0 aliphatic rings. The zero-order valence-electron chi connectivity index (χ0n) is 16.9. The first kappa shape index (κ1) is 21.7. The Morgan fingerprint density at radius 3 is 2.40 bits per heavy atom. The van der Waals surface area contributed by atoms with Crippen LogP contribution in [0.2, 0.25) is 5.02 Å². The van der Waals surface area contributed by atoms with Gasteiger partial charge >= 0.3 is 0 Å². The van der Waals surface area contributed by atoms with E-state index >= 15 is 0 Å². The van der Waals surface area contributed by atoms with Crippen molar-refractivity contribution >= 4 is 23.4 Å². The third kappa shape index (κ3) is 5.74. The van der Waals surface area contributed by atoms with Gasteiger partial charge in [-0.25, -0.2) is 0 Å². The van der Waals surface area contributed by atoms with Crippen molar-refractivity contribution in [3.63, 3.8) is 0 Å². The molecule has 1 unspecified atom stereocenters. The highest BCUT2D eigenvalue weighted by atomic mass is 35.5. The molecule has 0 saturated carbocycles. The van der Waals surface area contributed by atoms with Crippen molar-refractivity contribution in [1.29, 1.82) is 0 Å². The Kier molecular flexibility index (Phi) is 7.69. The molecule has 2 aromatic carbocycles. The van der Waals surface area contributed by atoms with Crippen LogP contribution in [0.15, 0.2) is 77.4 Å². The SMILES string of the molecule is CCCC(=O)N(Cc1ccc(Cl)cc1)C(C(=O)NCc1ccco1)c1ccccc1. The summed E-state index contributed by atoms with van der Waals surface area (Å²) in [6.45, 7) is 2.52. The molecule has 30 heavy (non-hydrogen) atoms. The molecule has 5 nitrogen and oxygen atoms in total. The highest BCUT2D eigenvalue weighted by Crippen LogP contribution is 2.25. The third-order valence-electron chi connectivity index (χ3n) is 4.74. The van der Waals surface area contributed by atoms with Crippen molar-refractivity contribution in [2.24, 2.45) is 0 Å². The molecule has 3 rings (SSSR count). The molecular formula is C24H25ClN2O3. The van der Waals surface area contributed by atoms with Gasteiger partial charge in [-0.15, -0.1) is 0 Å². The normalized spacial score (nSPS) is 11.7. The lowest BCUT2D eigenvalue weighted by molar-refractivity contribution is -0.141. The number of carbonyl (C=O) groups is 2. The summed E-state index contributed by atoms with van der Waals surface area (Å²) in [5, 5.41) is 3.53. The first-order valence-electron chi connectivity index (χ1n) is 9.97. The summed E-state index contributed by atoms with van der Waals surface area (Å²) < 4.78 is 5.31. The summed E-state index contributed by atoms with van der Waals surface area (Å²) in [7, 11) is 0. The Labute approximate surface area is 181 Å². The average Bonchev–Trinajstić information content (AvgIpc) is 3.28. The minimum Gasteiger partial charge on any atom is -0.467 e. The van der Waals surface area contributed by atoms with Crippen molar-refractivity contribution in [3.05, 3.63) is 94.9 Å². The van der Waals surface area contributed by atoms with Crippen LogP contribution in [0.3, 0.4) is 0 Å². The summed E-state index contributed by atoms with van der Waals surface area (Å²) >= 11 is 6.01. The molecule has 0 fully saturated rings. The zero-order chi connectivity index (χ0) is 21.3. The molecule has 156 valence electrons. The number of nitrogens with zero attached hydrogens (tertiary/aromatic N) is 1. The predicted octanol–water partition coefficient (Wildman–Crippen LogP) is 5.12. The van der Waals surface area contributed by atoms with Gasteiger partial charge in [0.2, 0.25) is 11.8 Å². The first-order valence-corrected chi connectivity index (χ1v) is 10.3. The molecular weight excluding hydrogens is 400 g/mol. The molecule has 1 N–H and O–H groups in total. The molecule has 0 saturated heterocycles. The van der Waals surface area contributed by atoms with E-state index in [1.807, 2.05) is 49.4 Å². The molecule has 3 aromatic rings. The second-order valence-corrected chi connectivity index (χ2v) is 7.44. The van der Waals surface area contributed by atoms with E-state index in [1.165, 1.54) is 0 Å². The van der Waals surface area contributed by atoms with E-state index in [2.05, 4.69) is 5.32 Å². The van der Waals surface area contributed by atoms with Crippen LogP contribution in [-0.2, 0) is 22.7 Å². The van der Waals surface area contributed by atoms with E-state index in [0.29, 0.717) is 30.2 Å². The predicted molar refractivity (Wildman–Crippen MR) is 117 cm³/mol. The number of amides is 2. The van der Waals surface area contributed by atoms with Gasteiger partial charge in [0.05, 0.1) is 12.8 Å². The van der Waals surface area contributed by atoms with Crippen LogP contribution in [0, 0.1) is 0 Å². The minimum absolute atomic E-state index is 0.0746. The number of halogens is 1.